The van der Waals surface area contributed by atoms with E-state index in [0.717, 1.165) is 11.1 Å². The van der Waals surface area contributed by atoms with E-state index in [1.54, 1.807) is 27.9 Å². The fourth-order valence-corrected chi connectivity index (χ4v) is 5.36. The molecule has 2 aromatic carbocycles. The number of ketones is 1. The van der Waals surface area contributed by atoms with Crippen molar-refractivity contribution in [2.75, 3.05) is 20.3 Å². The van der Waals surface area contributed by atoms with Crippen molar-refractivity contribution in [1.82, 2.24) is 0 Å². The number of nitrogens with zero attached hydrogens (tertiary/aromatic N) is 1. The van der Waals surface area contributed by atoms with Gasteiger partial charge in [-0.05, 0) is 50.5 Å². The molecule has 1 aliphatic carbocycles. The molecule has 0 radical (unpaired) electrons. The first-order valence-corrected chi connectivity index (χ1v) is 12.3. The summed E-state index contributed by atoms with van der Waals surface area (Å²) in [7, 11) is 1.57. The minimum Gasteiger partial charge on any atom is -0.497 e. The van der Waals surface area contributed by atoms with Crippen LogP contribution in [0.4, 0.5) is 0 Å². The summed E-state index contributed by atoms with van der Waals surface area (Å²) in [5, 5.41) is 0. The summed E-state index contributed by atoms with van der Waals surface area (Å²) in [6, 6.07) is 16.8. The molecule has 0 bridgehead atoms. The van der Waals surface area contributed by atoms with Gasteiger partial charge in [-0.3, -0.25) is 14.6 Å². The molecule has 1 saturated carbocycles. The number of fused-ring (bicyclic) bond motifs is 1. The predicted molar refractivity (Wildman–Crippen MR) is 135 cm³/mol. The lowest BCUT2D eigenvalue weighted by Gasteiger charge is -2.41. The monoisotopic (exact) mass is 489 g/mol. The fourth-order valence-electron chi connectivity index (χ4n) is 5.36. The first kappa shape index (κ1) is 25.4. The zero-order valence-corrected chi connectivity index (χ0v) is 21.0. The minimum absolute atomic E-state index is 0.161. The second-order valence-electron chi connectivity index (χ2n) is 8.91. The standard InChI is InChI=1S/C29H31NO6/c1-5-35-28(32)23-17(3)30-22-16-21(19-13-10-14-20(15-19)34-4)25(29(33)36-6-2)27(31)26(22)24(23)18-11-8-7-9-12-18/h7-15,21,24-26H,5-6,16H2,1-4H3/t21-,24-,25-,26?/m1/s1. The number of aliphatic imine (C=N–C) groups is 1. The number of rotatable bonds is 7. The van der Waals surface area contributed by atoms with Gasteiger partial charge < -0.3 is 14.2 Å². The van der Waals surface area contributed by atoms with Crippen LogP contribution in [0.15, 0.2) is 70.9 Å². The molecule has 1 heterocycles. The van der Waals surface area contributed by atoms with Gasteiger partial charge in [0.15, 0.2) is 5.78 Å². The smallest absolute Gasteiger partial charge is 0.336 e. The lowest BCUT2D eigenvalue weighted by atomic mass is 9.62. The molecule has 2 aromatic rings. The van der Waals surface area contributed by atoms with E-state index >= 15 is 0 Å². The number of carbonyl (C=O) groups excluding carboxylic acids is 3. The number of hydrogen-bond donors (Lipinski definition) is 0. The molecule has 0 saturated heterocycles. The van der Waals surface area contributed by atoms with E-state index in [0.29, 0.717) is 29.2 Å². The van der Waals surface area contributed by atoms with Crippen molar-refractivity contribution < 1.29 is 28.6 Å². The van der Waals surface area contributed by atoms with Crippen LogP contribution in [0.3, 0.4) is 0 Å². The molecule has 4 rings (SSSR count). The largest absolute Gasteiger partial charge is 0.497 e. The summed E-state index contributed by atoms with van der Waals surface area (Å²) in [4.78, 5) is 45.3. The van der Waals surface area contributed by atoms with Crippen LogP contribution in [-0.4, -0.2) is 43.8 Å². The molecular weight excluding hydrogens is 458 g/mol. The van der Waals surface area contributed by atoms with Crippen molar-refractivity contribution in [3.05, 3.63) is 77.0 Å². The van der Waals surface area contributed by atoms with Gasteiger partial charge in [-0.15, -0.1) is 0 Å². The van der Waals surface area contributed by atoms with Crippen LogP contribution >= 0.6 is 0 Å². The van der Waals surface area contributed by atoms with Crippen molar-refractivity contribution in [3.63, 3.8) is 0 Å². The third-order valence-corrected chi connectivity index (χ3v) is 6.87. The van der Waals surface area contributed by atoms with E-state index in [9.17, 15) is 14.4 Å². The Hall–Kier alpha value is -3.74. The van der Waals surface area contributed by atoms with Gasteiger partial charge in [-0.25, -0.2) is 4.79 Å². The second kappa shape index (κ2) is 10.9. The summed E-state index contributed by atoms with van der Waals surface area (Å²) in [5.74, 6) is -3.59. The molecule has 188 valence electrons. The first-order valence-electron chi connectivity index (χ1n) is 12.3. The maximum absolute atomic E-state index is 14.2. The first-order chi connectivity index (χ1) is 17.4. The third-order valence-electron chi connectivity index (χ3n) is 6.87. The molecule has 36 heavy (non-hydrogen) atoms. The zero-order valence-electron chi connectivity index (χ0n) is 21.0. The quantitative estimate of drug-likeness (QED) is 0.416. The predicted octanol–water partition coefficient (Wildman–Crippen LogP) is 4.62. The molecule has 0 aromatic heterocycles. The van der Waals surface area contributed by atoms with Gasteiger partial charge in [0.2, 0.25) is 0 Å². The molecule has 7 heteroatoms. The Morgan fingerprint density at radius 1 is 0.944 bits per heavy atom. The Balaban J connectivity index is 1.88. The molecule has 1 unspecified atom stereocenters. The van der Waals surface area contributed by atoms with Gasteiger partial charge in [-0.1, -0.05) is 42.5 Å². The summed E-state index contributed by atoms with van der Waals surface area (Å²) >= 11 is 0. The molecule has 4 atom stereocenters. The van der Waals surface area contributed by atoms with Crippen LogP contribution in [0, 0.1) is 11.8 Å². The number of Topliss-reactive ketones (excluding diaryl/α,β-unsaturated/α-hetero) is 1. The second-order valence-corrected chi connectivity index (χ2v) is 8.91. The molecule has 2 aliphatic rings. The van der Waals surface area contributed by atoms with Crippen LogP contribution in [-0.2, 0) is 23.9 Å². The van der Waals surface area contributed by atoms with Crippen LogP contribution in [0.1, 0.15) is 50.2 Å². The highest BCUT2D eigenvalue weighted by Gasteiger charge is 2.53. The fraction of sp³-hybridized carbons (Fsp3) is 0.379. The molecule has 0 N–H and O–H groups in total. The van der Waals surface area contributed by atoms with E-state index in [2.05, 4.69) is 0 Å². The molecular formula is C29H31NO6. The van der Waals surface area contributed by atoms with Crippen LogP contribution in [0.5, 0.6) is 5.75 Å². The van der Waals surface area contributed by atoms with Gasteiger partial charge in [0.1, 0.15) is 11.7 Å². The Morgan fingerprint density at radius 3 is 2.31 bits per heavy atom. The third kappa shape index (κ3) is 4.70. The summed E-state index contributed by atoms with van der Waals surface area (Å²) in [6.45, 7) is 5.60. The molecule has 0 amide bonds. The summed E-state index contributed by atoms with van der Waals surface area (Å²) < 4.78 is 16.1. The van der Waals surface area contributed by atoms with E-state index in [1.807, 2.05) is 54.6 Å². The van der Waals surface area contributed by atoms with Crippen LogP contribution < -0.4 is 4.74 Å². The minimum atomic E-state index is -1.03. The number of allylic oxidation sites excluding steroid dienone is 1. The number of benzene rings is 2. The average molecular weight is 490 g/mol. The Bertz CT molecular complexity index is 1220. The number of hydrogen-bond acceptors (Lipinski definition) is 7. The van der Waals surface area contributed by atoms with Crippen molar-refractivity contribution in [2.45, 2.75) is 39.0 Å². The topological polar surface area (TPSA) is 91.3 Å². The van der Waals surface area contributed by atoms with Crippen molar-refractivity contribution >= 4 is 23.4 Å². The number of methoxy groups -OCH3 is 1. The van der Waals surface area contributed by atoms with Gasteiger partial charge in [0.05, 0.1) is 31.8 Å². The van der Waals surface area contributed by atoms with Gasteiger partial charge in [-0.2, -0.15) is 0 Å². The van der Waals surface area contributed by atoms with Crippen molar-refractivity contribution in [3.8, 4) is 5.75 Å². The van der Waals surface area contributed by atoms with E-state index in [-0.39, 0.29) is 19.0 Å². The Morgan fingerprint density at radius 2 is 1.64 bits per heavy atom. The van der Waals surface area contributed by atoms with Gasteiger partial charge >= 0.3 is 11.9 Å². The molecule has 0 spiro atoms. The van der Waals surface area contributed by atoms with Crippen LogP contribution in [0.2, 0.25) is 0 Å². The van der Waals surface area contributed by atoms with E-state index in [4.69, 9.17) is 19.2 Å². The lowest BCUT2D eigenvalue weighted by Crippen LogP contribution is -2.48. The Labute approximate surface area is 211 Å². The summed E-state index contributed by atoms with van der Waals surface area (Å²) in [5.41, 5.74) is 3.14. The van der Waals surface area contributed by atoms with Gasteiger partial charge in [0.25, 0.3) is 0 Å². The highest BCUT2D eigenvalue weighted by Crippen LogP contribution is 2.48. The average Bonchev–Trinajstić information content (AvgIpc) is 2.88. The van der Waals surface area contributed by atoms with Crippen molar-refractivity contribution in [1.29, 1.82) is 0 Å². The number of esters is 2. The highest BCUT2D eigenvalue weighted by molar-refractivity contribution is 6.17. The van der Waals surface area contributed by atoms with E-state index < -0.39 is 35.6 Å². The molecule has 1 fully saturated rings. The highest BCUT2D eigenvalue weighted by atomic mass is 16.5. The molecule has 7 nitrogen and oxygen atoms in total. The van der Waals surface area contributed by atoms with E-state index in [1.165, 1.54) is 0 Å². The number of ether oxygens (including phenoxy) is 3. The Kier molecular flexibility index (Phi) is 7.67. The lowest BCUT2D eigenvalue weighted by molar-refractivity contribution is -0.153. The maximum Gasteiger partial charge on any atom is 0.336 e. The normalized spacial score (nSPS) is 23.4. The SMILES string of the molecule is CCOC(=O)C1=C(C)N=C2C[C@H](c3cccc(OC)c3)[C@@H](C(=O)OCC)C(=O)C2[C@@H]1c1ccccc1. The van der Waals surface area contributed by atoms with Gasteiger partial charge in [0, 0.05) is 23.2 Å². The molecule has 1 aliphatic heterocycles. The van der Waals surface area contributed by atoms with Crippen LogP contribution in [0.25, 0.3) is 0 Å². The summed E-state index contributed by atoms with van der Waals surface area (Å²) in [6.07, 6.45) is 0.379. The number of carbonyl (C=O) groups is 3. The zero-order chi connectivity index (χ0) is 25.8. The van der Waals surface area contributed by atoms with Crippen molar-refractivity contribution in [2.24, 2.45) is 16.8 Å². The maximum atomic E-state index is 14.2.